The summed E-state index contributed by atoms with van der Waals surface area (Å²) in [7, 11) is 1.45. The highest BCUT2D eigenvalue weighted by molar-refractivity contribution is 9.13. The molecule has 1 N–H and O–H groups in total. The first-order valence-corrected chi connectivity index (χ1v) is 12.1. The van der Waals surface area contributed by atoms with Crippen LogP contribution in [0, 0.1) is 0 Å². The van der Waals surface area contributed by atoms with E-state index in [9.17, 15) is 9.59 Å². The zero-order chi connectivity index (χ0) is 24.4. The van der Waals surface area contributed by atoms with Crippen LogP contribution in [0.1, 0.15) is 38.1 Å². The number of aromatic nitrogens is 2. The molecule has 11 heteroatoms. The quantitative estimate of drug-likeness (QED) is 0.338. The largest absolute Gasteiger partial charge is 0.493 e. The summed E-state index contributed by atoms with van der Waals surface area (Å²) in [6.07, 6.45) is 0.414. The van der Waals surface area contributed by atoms with Crippen LogP contribution in [0.5, 0.6) is 11.5 Å². The number of hydrogen-bond acceptors (Lipinski definition) is 6. The second kappa shape index (κ2) is 10.4. The fourth-order valence-electron chi connectivity index (χ4n) is 2.96. The van der Waals surface area contributed by atoms with Crippen molar-refractivity contribution in [1.29, 1.82) is 0 Å². The van der Waals surface area contributed by atoms with E-state index in [1.165, 1.54) is 24.9 Å². The molecule has 0 saturated heterocycles. The molecule has 3 aromatic rings. The van der Waals surface area contributed by atoms with E-state index in [-0.39, 0.29) is 17.2 Å². The Labute approximate surface area is 215 Å². The number of benzene rings is 2. The molecular weight excluding hydrogens is 626 g/mol. The molecule has 1 aromatic heterocycles. The van der Waals surface area contributed by atoms with Crippen LogP contribution in [0.4, 0.5) is 0 Å². The Hall–Kier alpha value is -2.24. The number of carboxylic acid groups (broad SMARTS) is 1. The minimum atomic E-state index is -1.11. The van der Waals surface area contributed by atoms with E-state index in [4.69, 9.17) is 14.6 Å². The Morgan fingerprint density at radius 1 is 1.18 bits per heavy atom. The molecule has 0 aliphatic rings. The van der Waals surface area contributed by atoms with Crippen molar-refractivity contribution in [2.75, 3.05) is 7.11 Å². The lowest BCUT2D eigenvalue weighted by molar-refractivity contribution is -0.144. The van der Waals surface area contributed by atoms with Gasteiger partial charge in [0.15, 0.2) is 17.6 Å². The van der Waals surface area contributed by atoms with Crippen molar-refractivity contribution in [3.8, 4) is 11.5 Å². The molecule has 0 bridgehead atoms. The van der Waals surface area contributed by atoms with Gasteiger partial charge < -0.3 is 14.6 Å². The molecule has 3 rings (SSSR count). The number of rotatable bonds is 7. The van der Waals surface area contributed by atoms with Gasteiger partial charge in [0.05, 0.1) is 28.7 Å². The standard InChI is InChI=1S/C22H20Br3N3O5/c1-10(2)20-27-15-6-5-13(23)8-14(15)21(29)28(20)26-9-12-7-16(32-4)19(18(25)17(12)24)33-11(3)22(30)31/h5-11H,1-4H3,(H,30,31)/t11-/m1/s1. The zero-order valence-corrected chi connectivity index (χ0v) is 22.9. The summed E-state index contributed by atoms with van der Waals surface area (Å²) < 4.78 is 14.0. The SMILES string of the molecule is COc1cc(C=Nn2c(C(C)C)nc3ccc(Br)cc3c2=O)c(Br)c(Br)c1O[C@H](C)C(=O)O. The molecule has 0 radical (unpaired) electrons. The molecule has 0 aliphatic carbocycles. The van der Waals surface area contributed by atoms with Crippen molar-refractivity contribution < 1.29 is 19.4 Å². The number of halogens is 3. The molecular formula is C22H20Br3N3O5. The lowest BCUT2D eigenvalue weighted by atomic mass is 10.2. The minimum Gasteiger partial charge on any atom is -0.493 e. The third kappa shape index (κ3) is 5.30. The average molecular weight is 646 g/mol. The van der Waals surface area contributed by atoms with Crippen LogP contribution in [-0.4, -0.2) is 40.2 Å². The molecule has 1 atom stereocenters. The van der Waals surface area contributed by atoms with E-state index in [1.54, 1.807) is 18.2 Å². The first-order chi connectivity index (χ1) is 15.5. The van der Waals surface area contributed by atoms with E-state index in [2.05, 4.69) is 57.9 Å². The van der Waals surface area contributed by atoms with Crippen LogP contribution in [0.15, 0.2) is 47.6 Å². The summed E-state index contributed by atoms with van der Waals surface area (Å²) in [5.41, 5.74) is 0.877. The molecule has 0 aliphatic heterocycles. The van der Waals surface area contributed by atoms with Crippen molar-refractivity contribution in [1.82, 2.24) is 9.66 Å². The van der Waals surface area contributed by atoms with Gasteiger partial charge in [-0.25, -0.2) is 9.78 Å². The molecule has 0 unspecified atom stereocenters. The number of methoxy groups -OCH3 is 1. The van der Waals surface area contributed by atoms with E-state index >= 15 is 0 Å². The first kappa shape index (κ1) is 25.4. The maximum atomic E-state index is 13.2. The lowest BCUT2D eigenvalue weighted by Crippen LogP contribution is -2.23. The smallest absolute Gasteiger partial charge is 0.344 e. The maximum absolute atomic E-state index is 13.2. The van der Waals surface area contributed by atoms with Gasteiger partial charge in [-0.1, -0.05) is 29.8 Å². The van der Waals surface area contributed by atoms with Crippen molar-refractivity contribution in [2.45, 2.75) is 32.8 Å². The van der Waals surface area contributed by atoms with Gasteiger partial charge in [0.25, 0.3) is 5.56 Å². The Balaban J connectivity index is 2.14. The van der Waals surface area contributed by atoms with Gasteiger partial charge in [0.1, 0.15) is 5.82 Å². The fourth-order valence-corrected chi connectivity index (χ4v) is 4.23. The number of carbonyl (C=O) groups is 1. The third-order valence-electron chi connectivity index (χ3n) is 4.68. The molecule has 1 heterocycles. The predicted molar refractivity (Wildman–Crippen MR) is 137 cm³/mol. The molecule has 33 heavy (non-hydrogen) atoms. The molecule has 0 saturated carbocycles. The van der Waals surface area contributed by atoms with Crippen molar-refractivity contribution in [3.05, 3.63) is 59.4 Å². The van der Waals surface area contributed by atoms with Gasteiger partial charge in [0, 0.05) is 20.4 Å². The monoisotopic (exact) mass is 643 g/mol. The third-order valence-corrected chi connectivity index (χ3v) is 7.32. The highest BCUT2D eigenvalue weighted by atomic mass is 79.9. The lowest BCUT2D eigenvalue weighted by Gasteiger charge is -2.17. The second-order valence-corrected chi connectivity index (χ2v) is 9.87. The van der Waals surface area contributed by atoms with Gasteiger partial charge in [0.2, 0.25) is 0 Å². The van der Waals surface area contributed by atoms with Crippen LogP contribution in [-0.2, 0) is 4.79 Å². The first-order valence-electron chi connectivity index (χ1n) is 9.77. The summed E-state index contributed by atoms with van der Waals surface area (Å²) in [6.45, 7) is 5.29. The van der Waals surface area contributed by atoms with Gasteiger partial charge in [-0.15, -0.1) is 0 Å². The molecule has 174 valence electrons. The van der Waals surface area contributed by atoms with E-state index in [0.29, 0.717) is 37.0 Å². The van der Waals surface area contributed by atoms with Gasteiger partial charge in [-0.3, -0.25) is 4.79 Å². The maximum Gasteiger partial charge on any atom is 0.344 e. The number of fused-ring (bicyclic) bond motifs is 1. The summed E-state index contributed by atoms with van der Waals surface area (Å²) in [5.74, 6) is -0.114. The summed E-state index contributed by atoms with van der Waals surface area (Å²) >= 11 is 10.3. The Kier molecular flexibility index (Phi) is 7.96. The van der Waals surface area contributed by atoms with Gasteiger partial charge in [-0.2, -0.15) is 9.78 Å². The van der Waals surface area contributed by atoms with Crippen molar-refractivity contribution in [2.24, 2.45) is 5.10 Å². The number of carboxylic acids is 1. The number of hydrogen-bond donors (Lipinski definition) is 1. The van der Waals surface area contributed by atoms with Crippen LogP contribution >= 0.6 is 47.8 Å². The van der Waals surface area contributed by atoms with E-state index in [1.807, 2.05) is 19.9 Å². The Morgan fingerprint density at radius 3 is 2.48 bits per heavy atom. The van der Waals surface area contributed by atoms with Gasteiger partial charge in [-0.05, 0) is 63.0 Å². The van der Waals surface area contributed by atoms with Crippen molar-refractivity contribution in [3.63, 3.8) is 0 Å². The van der Waals surface area contributed by atoms with Crippen molar-refractivity contribution >= 4 is 70.9 Å². The fraction of sp³-hybridized carbons (Fsp3) is 0.273. The Bertz CT molecular complexity index is 1320. The topological polar surface area (TPSA) is 103 Å². The molecule has 0 spiro atoms. The molecule has 0 fully saturated rings. The number of aliphatic carboxylic acids is 1. The van der Waals surface area contributed by atoms with Crippen LogP contribution < -0.4 is 15.0 Å². The average Bonchev–Trinajstić information content (AvgIpc) is 2.77. The molecule has 8 nitrogen and oxygen atoms in total. The van der Waals surface area contributed by atoms with Crippen LogP contribution in [0.25, 0.3) is 10.9 Å². The Morgan fingerprint density at radius 2 is 1.88 bits per heavy atom. The van der Waals surface area contributed by atoms with E-state index in [0.717, 1.165) is 4.47 Å². The molecule has 2 aromatic carbocycles. The zero-order valence-electron chi connectivity index (χ0n) is 18.1. The summed E-state index contributed by atoms with van der Waals surface area (Å²) in [5, 5.41) is 14.0. The minimum absolute atomic E-state index is 0.0547. The normalized spacial score (nSPS) is 12.5. The highest BCUT2D eigenvalue weighted by Crippen LogP contribution is 2.42. The van der Waals surface area contributed by atoms with E-state index < -0.39 is 12.1 Å². The summed E-state index contributed by atoms with van der Waals surface area (Å²) in [6, 6.07) is 6.97. The second-order valence-electron chi connectivity index (χ2n) is 7.37. The van der Waals surface area contributed by atoms with Gasteiger partial charge >= 0.3 is 5.97 Å². The van der Waals surface area contributed by atoms with Crippen LogP contribution in [0.3, 0.4) is 0 Å². The highest BCUT2D eigenvalue weighted by Gasteiger charge is 2.22. The number of nitrogens with zero attached hydrogens (tertiary/aromatic N) is 3. The predicted octanol–water partition coefficient (Wildman–Crippen LogP) is 5.55. The van der Waals surface area contributed by atoms with Crippen LogP contribution in [0.2, 0.25) is 0 Å². The molecule has 0 amide bonds. The summed E-state index contributed by atoms with van der Waals surface area (Å²) in [4.78, 5) is 29.0. The number of ether oxygens (including phenoxy) is 2.